The van der Waals surface area contributed by atoms with Crippen molar-refractivity contribution in [2.45, 2.75) is 19.3 Å². The molecule has 0 spiro atoms. The average molecular weight is 263 g/mol. The Hall–Kier alpha value is -2.04. The second kappa shape index (κ2) is 5.73. The fourth-order valence-corrected chi connectivity index (χ4v) is 2.24. The molecule has 19 heavy (non-hydrogen) atoms. The molecule has 1 amide bonds. The van der Waals surface area contributed by atoms with Crippen molar-refractivity contribution in [2.75, 3.05) is 19.7 Å². The van der Waals surface area contributed by atoms with Crippen molar-refractivity contribution < 1.29 is 19.4 Å². The van der Waals surface area contributed by atoms with Gasteiger partial charge in [0.2, 0.25) is 5.91 Å². The van der Waals surface area contributed by atoms with E-state index < -0.39 is 5.97 Å². The number of nitrogens with zero attached hydrogens (tertiary/aromatic N) is 1. The quantitative estimate of drug-likeness (QED) is 0.874. The molecule has 102 valence electrons. The summed E-state index contributed by atoms with van der Waals surface area (Å²) in [5, 5.41) is 8.70. The fraction of sp³-hybridized carbons (Fsp3) is 0.429. The fourth-order valence-electron chi connectivity index (χ4n) is 2.24. The molecule has 5 nitrogen and oxygen atoms in total. The summed E-state index contributed by atoms with van der Waals surface area (Å²) >= 11 is 0. The van der Waals surface area contributed by atoms with E-state index in [0.717, 1.165) is 11.3 Å². The Morgan fingerprint density at radius 3 is 2.84 bits per heavy atom. The maximum Gasteiger partial charge on any atom is 0.305 e. The van der Waals surface area contributed by atoms with Crippen LogP contribution in [0.5, 0.6) is 5.75 Å². The lowest BCUT2D eigenvalue weighted by Gasteiger charge is -2.23. The second-order valence-corrected chi connectivity index (χ2v) is 4.46. The number of likely N-dealkylation sites (N-methyl/N-ethyl adjacent to an activating group) is 1. The predicted octanol–water partition coefficient (Wildman–Crippen LogP) is 1.49. The van der Waals surface area contributed by atoms with Gasteiger partial charge >= 0.3 is 5.97 Å². The average Bonchev–Trinajstić information content (AvgIpc) is 2.82. The molecule has 2 rings (SSSR count). The SMILES string of the molecule is CCN(CCC(=O)O)C(=O)C1COc2ccccc21. The highest BCUT2D eigenvalue weighted by Gasteiger charge is 2.32. The summed E-state index contributed by atoms with van der Waals surface area (Å²) in [6, 6.07) is 7.47. The van der Waals surface area contributed by atoms with E-state index >= 15 is 0 Å². The standard InChI is InChI=1S/C14H17NO4/c1-2-15(8-7-13(16)17)14(18)11-9-19-12-6-4-3-5-10(11)12/h3-6,11H,2,7-9H2,1H3,(H,16,17). The van der Waals surface area contributed by atoms with E-state index in [2.05, 4.69) is 0 Å². The molecule has 1 atom stereocenters. The first-order valence-electron chi connectivity index (χ1n) is 6.35. The molecule has 0 fully saturated rings. The van der Waals surface area contributed by atoms with Gasteiger partial charge in [0.05, 0.1) is 6.42 Å². The van der Waals surface area contributed by atoms with Gasteiger partial charge in [-0.1, -0.05) is 18.2 Å². The van der Waals surface area contributed by atoms with Crippen molar-refractivity contribution in [3.63, 3.8) is 0 Å². The van der Waals surface area contributed by atoms with Crippen LogP contribution in [0.1, 0.15) is 24.8 Å². The molecular formula is C14H17NO4. The minimum atomic E-state index is -0.894. The number of amides is 1. The minimum Gasteiger partial charge on any atom is -0.492 e. The number of fused-ring (bicyclic) bond motifs is 1. The summed E-state index contributed by atoms with van der Waals surface area (Å²) in [4.78, 5) is 24.6. The van der Waals surface area contributed by atoms with Gasteiger partial charge in [0.15, 0.2) is 0 Å². The van der Waals surface area contributed by atoms with Gasteiger partial charge < -0.3 is 14.7 Å². The number of carboxylic acid groups (broad SMARTS) is 1. The van der Waals surface area contributed by atoms with Crippen molar-refractivity contribution in [1.29, 1.82) is 0 Å². The minimum absolute atomic E-state index is 0.0329. The van der Waals surface area contributed by atoms with Crippen LogP contribution in [-0.2, 0) is 9.59 Å². The van der Waals surface area contributed by atoms with Crippen molar-refractivity contribution in [1.82, 2.24) is 4.90 Å². The number of rotatable bonds is 5. The van der Waals surface area contributed by atoms with E-state index in [1.807, 2.05) is 31.2 Å². The van der Waals surface area contributed by atoms with E-state index in [-0.39, 0.29) is 24.8 Å². The van der Waals surface area contributed by atoms with E-state index in [1.54, 1.807) is 4.90 Å². The Morgan fingerprint density at radius 2 is 2.16 bits per heavy atom. The highest BCUT2D eigenvalue weighted by Crippen LogP contribution is 2.34. The molecular weight excluding hydrogens is 246 g/mol. The van der Waals surface area contributed by atoms with Crippen LogP contribution < -0.4 is 4.74 Å². The number of carbonyl (C=O) groups excluding carboxylic acids is 1. The lowest BCUT2D eigenvalue weighted by atomic mass is 10.00. The molecule has 0 aromatic heterocycles. The molecule has 0 aliphatic carbocycles. The lowest BCUT2D eigenvalue weighted by Crippen LogP contribution is -2.37. The first-order chi connectivity index (χ1) is 9.13. The molecule has 0 saturated heterocycles. The number of carboxylic acids is 1. The number of ether oxygens (including phenoxy) is 1. The van der Waals surface area contributed by atoms with Crippen molar-refractivity contribution in [3.8, 4) is 5.75 Å². The van der Waals surface area contributed by atoms with E-state index in [4.69, 9.17) is 9.84 Å². The van der Waals surface area contributed by atoms with Crippen LogP contribution in [0.3, 0.4) is 0 Å². The molecule has 0 bridgehead atoms. The number of benzene rings is 1. The zero-order valence-corrected chi connectivity index (χ0v) is 10.8. The van der Waals surface area contributed by atoms with E-state index in [1.165, 1.54) is 0 Å². The summed E-state index contributed by atoms with van der Waals surface area (Å²) in [6.45, 7) is 2.93. The second-order valence-electron chi connectivity index (χ2n) is 4.46. The predicted molar refractivity (Wildman–Crippen MR) is 69.2 cm³/mol. The summed E-state index contributed by atoms with van der Waals surface area (Å²) in [7, 11) is 0. The summed E-state index contributed by atoms with van der Waals surface area (Å²) < 4.78 is 5.49. The van der Waals surface area contributed by atoms with Gasteiger partial charge in [0.1, 0.15) is 18.3 Å². The van der Waals surface area contributed by atoms with E-state index in [9.17, 15) is 9.59 Å². The molecule has 0 radical (unpaired) electrons. The van der Waals surface area contributed by atoms with Crippen LogP contribution in [0.2, 0.25) is 0 Å². The van der Waals surface area contributed by atoms with Gasteiger partial charge in [-0.15, -0.1) is 0 Å². The van der Waals surface area contributed by atoms with Gasteiger partial charge in [-0.3, -0.25) is 9.59 Å². The Labute approximate surface area is 111 Å². The maximum atomic E-state index is 12.4. The maximum absolute atomic E-state index is 12.4. The number of para-hydroxylation sites is 1. The molecule has 1 aromatic rings. The Kier molecular flexibility index (Phi) is 4.04. The molecule has 5 heteroatoms. The van der Waals surface area contributed by atoms with Crippen LogP contribution in [0.15, 0.2) is 24.3 Å². The molecule has 1 aromatic carbocycles. The van der Waals surface area contributed by atoms with Crippen LogP contribution >= 0.6 is 0 Å². The third-order valence-electron chi connectivity index (χ3n) is 3.29. The third-order valence-corrected chi connectivity index (χ3v) is 3.29. The van der Waals surface area contributed by atoms with Gasteiger partial charge in [0, 0.05) is 18.7 Å². The highest BCUT2D eigenvalue weighted by atomic mass is 16.5. The zero-order chi connectivity index (χ0) is 13.8. The molecule has 1 aliphatic rings. The Morgan fingerprint density at radius 1 is 1.42 bits per heavy atom. The molecule has 0 saturated carbocycles. The monoisotopic (exact) mass is 263 g/mol. The lowest BCUT2D eigenvalue weighted by molar-refractivity contribution is -0.138. The van der Waals surface area contributed by atoms with Crippen LogP contribution in [0, 0.1) is 0 Å². The van der Waals surface area contributed by atoms with Gasteiger partial charge in [0.25, 0.3) is 0 Å². The third kappa shape index (κ3) is 2.86. The van der Waals surface area contributed by atoms with Gasteiger partial charge in [-0.2, -0.15) is 0 Å². The zero-order valence-electron chi connectivity index (χ0n) is 10.8. The largest absolute Gasteiger partial charge is 0.492 e. The first kappa shape index (κ1) is 13.4. The number of hydrogen-bond acceptors (Lipinski definition) is 3. The Bertz CT molecular complexity index is 486. The highest BCUT2D eigenvalue weighted by molar-refractivity contribution is 5.86. The van der Waals surface area contributed by atoms with E-state index in [0.29, 0.717) is 13.2 Å². The Balaban J connectivity index is 2.09. The number of aliphatic carboxylic acids is 1. The first-order valence-corrected chi connectivity index (χ1v) is 6.35. The van der Waals surface area contributed by atoms with Crippen molar-refractivity contribution in [2.24, 2.45) is 0 Å². The smallest absolute Gasteiger partial charge is 0.305 e. The van der Waals surface area contributed by atoms with Crippen molar-refractivity contribution in [3.05, 3.63) is 29.8 Å². The van der Waals surface area contributed by atoms with Gasteiger partial charge in [-0.25, -0.2) is 0 Å². The van der Waals surface area contributed by atoms with Crippen LogP contribution in [0.25, 0.3) is 0 Å². The van der Waals surface area contributed by atoms with Crippen LogP contribution in [-0.4, -0.2) is 41.6 Å². The van der Waals surface area contributed by atoms with Crippen molar-refractivity contribution >= 4 is 11.9 Å². The molecule has 1 N–H and O–H groups in total. The normalized spacial score (nSPS) is 16.6. The topological polar surface area (TPSA) is 66.8 Å². The number of hydrogen-bond donors (Lipinski definition) is 1. The number of carbonyl (C=O) groups is 2. The summed E-state index contributed by atoms with van der Waals surface area (Å²) in [5.41, 5.74) is 0.890. The molecule has 1 heterocycles. The van der Waals surface area contributed by atoms with Gasteiger partial charge in [-0.05, 0) is 13.0 Å². The molecule has 1 unspecified atom stereocenters. The summed E-state index contributed by atoms with van der Waals surface area (Å²) in [5.74, 6) is -0.525. The molecule has 1 aliphatic heterocycles. The van der Waals surface area contributed by atoms with Crippen LogP contribution in [0.4, 0.5) is 0 Å². The summed E-state index contributed by atoms with van der Waals surface area (Å²) in [6.07, 6.45) is -0.0329.